The molecule has 0 unspecified atom stereocenters. The Kier molecular flexibility index (Phi) is 9.02. The fourth-order valence-electron chi connectivity index (χ4n) is 4.35. The summed E-state index contributed by atoms with van der Waals surface area (Å²) in [5, 5.41) is 0. The number of hydrogen-bond donors (Lipinski definition) is 0. The maximum Gasteiger partial charge on any atom is 0.219 e. The summed E-state index contributed by atoms with van der Waals surface area (Å²) in [4.78, 5) is 15.7. The number of rotatable bonds is 11. The van der Waals surface area contributed by atoms with Crippen LogP contribution in [0.25, 0.3) is 0 Å². The number of anilines is 1. The Morgan fingerprint density at radius 2 is 1.74 bits per heavy atom. The second-order valence-electron chi connectivity index (χ2n) is 9.00. The van der Waals surface area contributed by atoms with E-state index in [4.69, 9.17) is 14.2 Å². The third-order valence-electron chi connectivity index (χ3n) is 6.34. The van der Waals surface area contributed by atoms with Gasteiger partial charge in [-0.3, -0.25) is 4.79 Å². The topological polar surface area (TPSA) is 51.2 Å². The maximum absolute atomic E-state index is 11.5. The molecule has 31 heavy (non-hydrogen) atoms. The van der Waals surface area contributed by atoms with Crippen molar-refractivity contribution in [2.75, 3.05) is 44.3 Å². The van der Waals surface area contributed by atoms with E-state index in [0.717, 1.165) is 44.8 Å². The molecule has 2 fully saturated rings. The van der Waals surface area contributed by atoms with Crippen molar-refractivity contribution in [3.8, 4) is 5.75 Å². The smallest absolute Gasteiger partial charge is 0.219 e. The summed E-state index contributed by atoms with van der Waals surface area (Å²) in [6.07, 6.45) is 8.58. The van der Waals surface area contributed by atoms with Gasteiger partial charge in [-0.25, -0.2) is 0 Å². The molecule has 2 aliphatic heterocycles. The maximum atomic E-state index is 11.5. The van der Waals surface area contributed by atoms with Gasteiger partial charge in [-0.1, -0.05) is 39.0 Å². The van der Waals surface area contributed by atoms with Crippen LogP contribution in [0.2, 0.25) is 0 Å². The second kappa shape index (κ2) is 11.7. The summed E-state index contributed by atoms with van der Waals surface area (Å²) in [6.45, 7) is 10.3. The van der Waals surface area contributed by atoms with Crippen molar-refractivity contribution in [2.24, 2.45) is 0 Å². The lowest BCUT2D eigenvalue weighted by atomic mass is 10.1. The van der Waals surface area contributed by atoms with Crippen LogP contribution < -0.4 is 9.64 Å². The normalized spacial score (nSPS) is 23.9. The highest BCUT2D eigenvalue weighted by atomic mass is 16.7. The first-order valence-corrected chi connectivity index (χ1v) is 12.0. The van der Waals surface area contributed by atoms with Crippen molar-refractivity contribution < 1.29 is 19.0 Å². The van der Waals surface area contributed by atoms with Crippen LogP contribution in [0.5, 0.6) is 5.75 Å². The van der Waals surface area contributed by atoms with Crippen molar-refractivity contribution in [3.63, 3.8) is 0 Å². The number of unbranched alkanes of at least 4 members (excludes halogenated alkanes) is 5. The lowest BCUT2D eigenvalue weighted by Crippen LogP contribution is -2.48. The molecule has 2 heterocycles. The fourth-order valence-corrected chi connectivity index (χ4v) is 4.35. The lowest BCUT2D eigenvalue weighted by Gasteiger charge is -2.35. The summed E-state index contributed by atoms with van der Waals surface area (Å²) >= 11 is 0. The van der Waals surface area contributed by atoms with Crippen LogP contribution in [0.4, 0.5) is 5.69 Å². The molecule has 0 N–H and O–H groups in total. The molecule has 0 aliphatic carbocycles. The molecule has 0 bridgehead atoms. The van der Waals surface area contributed by atoms with Crippen LogP contribution >= 0.6 is 0 Å². The molecule has 6 heteroatoms. The Hall–Kier alpha value is -1.79. The van der Waals surface area contributed by atoms with Gasteiger partial charge in [0.25, 0.3) is 0 Å². The molecule has 0 radical (unpaired) electrons. The highest BCUT2D eigenvalue weighted by Crippen LogP contribution is 2.30. The Morgan fingerprint density at radius 1 is 1.06 bits per heavy atom. The van der Waals surface area contributed by atoms with Crippen LogP contribution in [-0.4, -0.2) is 62.1 Å². The first kappa shape index (κ1) is 23.9. The van der Waals surface area contributed by atoms with Gasteiger partial charge in [0.1, 0.15) is 18.5 Å². The minimum atomic E-state index is -0.468. The van der Waals surface area contributed by atoms with Crippen LogP contribution in [-0.2, 0) is 14.3 Å². The molecule has 1 amide bonds. The monoisotopic (exact) mass is 432 g/mol. The third-order valence-corrected chi connectivity index (χ3v) is 6.34. The second-order valence-corrected chi connectivity index (χ2v) is 9.00. The summed E-state index contributed by atoms with van der Waals surface area (Å²) in [6, 6.07) is 8.21. The number of benzene rings is 1. The van der Waals surface area contributed by atoms with Gasteiger partial charge in [0.2, 0.25) is 5.91 Å². The van der Waals surface area contributed by atoms with Gasteiger partial charge >= 0.3 is 0 Å². The van der Waals surface area contributed by atoms with Crippen LogP contribution in [0, 0.1) is 0 Å². The number of hydrogen-bond acceptors (Lipinski definition) is 5. The lowest BCUT2D eigenvalue weighted by molar-refractivity contribution is -0.161. The van der Waals surface area contributed by atoms with E-state index in [2.05, 4.69) is 30.9 Å². The number of carbonyl (C=O) groups is 1. The quantitative estimate of drug-likeness (QED) is 0.478. The Balaban J connectivity index is 1.35. The molecule has 2 aliphatic rings. The Bertz CT molecular complexity index is 673. The number of carbonyl (C=O) groups excluding carboxylic acids is 1. The van der Waals surface area contributed by atoms with E-state index in [1.165, 1.54) is 37.8 Å². The van der Waals surface area contributed by atoms with Gasteiger partial charge in [-0.15, -0.1) is 0 Å². The molecule has 174 valence electrons. The zero-order valence-electron chi connectivity index (χ0n) is 19.6. The van der Waals surface area contributed by atoms with E-state index in [1.807, 2.05) is 17.0 Å². The number of nitrogens with zero attached hydrogens (tertiary/aromatic N) is 2. The van der Waals surface area contributed by atoms with Gasteiger partial charge in [-0.2, -0.15) is 0 Å². The molecule has 0 aromatic heterocycles. The van der Waals surface area contributed by atoms with Crippen LogP contribution in [0.15, 0.2) is 24.3 Å². The number of ether oxygens (including phenoxy) is 3. The van der Waals surface area contributed by atoms with E-state index >= 15 is 0 Å². The van der Waals surface area contributed by atoms with Crippen molar-refractivity contribution >= 4 is 11.6 Å². The summed E-state index contributed by atoms with van der Waals surface area (Å²) in [5.41, 5.74) is 1.17. The molecule has 3 rings (SSSR count). The molecular weight excluding hydrogens is 392 g/mol. The van der Waals surface area contributed by atoms with Crippen LogP contribution in [0.1, 0.15) is 65.7 Å². The van der Waals surface area contributed by atoms with Gasteiger partial charge in [0, 0.05) is 45.2 Å². The first-order chi connectivity index (χ1) is 15.0. The van der Waals surface area contributed by atoms with E-state index < -0.39 is 5.79 Å². The van der Waals surface area contributed by atoms with Gasteiger partial charge in [0.05, 0.1) is 6.61 Å². The van der Waals surface area contributed by atoms with Crippen LogP contribution in [0.3, 0.4) is 0 Å². The molecule has 1 aromatic carbocycles. The van der Waals surface area contributed by atoms with Gasteiger partial charge in [0.15, 0.2) is 5.79 Å². The summed E-state index contributed by atoms with van der Waals surface area (Å²) in [7, 11) is 0. The SMILES string of the molecule is CCCCCCCC[C@]1(C)OC[C@H](COc2ccc(N3CCN(C(C)=O)CC3)cc2)O1. The molecular formula is C25H40N2O4. The number of piperazine rings is 1. The van der Waals surface area contributed by atoms with Gasteiger partial charge < -0.3 is 24.0 Å². The molecule has 0 saturated carbocycles. The molecule has 2 saturated heterocycles. The summed E-state index contributed by atoms with van der Waals surface area (Å²) in [5.74, 6) is 0.536. The standard InChI is InChI=1S/C25H40N2O4/c1-4-5-6-7-8-9-14-25(3)30-20-24(31-25)19-29-23-12-10-22(11-13-23)27-17-15-26(16-18-27)21(2)28/h10-13,24H,4-9,14-20H2,1-3H3/t24-,25+/m0/s1. The Morgan fingerprint density at radius 3 is 2.42 bits per heavy atom. The highest BCUT2D eigenvalue weighted by molar-refractivity contribution is 5.73. The average molecular weight is 433 g/mol. The summed E-state index contributed by atoms with van der Waals surface area (Å²) < 4.78 is 18.1. The predicted octanol–water partition coefficient (Wildman–Crippen LogP) is 4.62. The third kappa shape index (κ3) is 7.39. The molecule has 2 atom stereocenters. The van der Waals surface area contributed by atoms with E-state index in [1.54, 1.807) is 6.92 Å². The predicted molar refractivity (Wildman–Crippen MR) is 124 cm³/mol. The van der Waals surface area contributed by atoms with Crippen molar-refractivity contribution in [1.82, 2.24) is 4.90 Å². The minimum Gasteiger partial charge on any atom is -0.491 e. The van der Waals surface area contributed by atoms with E-state index in [9.17, 15) is 4.79 Å². The van der Waals surface area contributed by atoms with Gasteiger partial charge in [-0.05, 0) is 37.6 Å². The van der Waals surface area contributed by atoms with Crippen molar-refractivity contribution in [2.45, 2.75) is 77.6 Å². The fraction of sp³-hybridized carbons (Fsp3) is 0.720. The van der Waals surface area contributed by atoms with E-state index in [0.29, 0.717) is 13.2 Å². The largest absolute Gasteiger partial charge is 0.491 e. The molecule has 0 spiro atoms. The highest BCUT2D eigenvalue weighted by Gasteiger charge is 2.36. The molecule has 1 aromatic rings. The average Bonchev–Trinajstić information content (AvgIpc) is 3.16. The molecule has 6 nitrogen and oxygen atoms in total. The Labute approximate surface area is 187 Å². The minimum absolute atomic E-state index is 0.0237. The zero-order valence-corrected chi connectivity index (χ0v) is 19.6. The zero-order chi connectivity index (χ0) is 22.1. The van der Waals surface area contributed by atoms with Crippen molar-refractivity contribution in [3.05, 3.63) is 24.3 Å². The van der Waals surface area contributed by atoms with Crippen molar-refractivity contribution in [1.29, 1.82) is 0 Å². The van der Waals surface area contributed by atoms with E-state index in [-0.39, 0.29) is 12.0 Å². The first-order valence-electron chi connectivity index (χ1n) is 12.0. The number of amides is 1.